The second-order valence-corrected chi connectivity index (χ2v) is 7.62. The van der Waals surface area contributed by atoms with E-state index < -0.39 is 0 Å². The van der Waals surface area contributed by atoms with E-state index in [1.165, 1.54) is 24.2 Å². The predicted octanol–water partition coefficient (Wildman–Crippen LogP) is 2.33. The summed E-state index contributed by atoms with van der Waals surface area (Å²) < 4.78 is 5.70. The van der Waals surface area contributed by atoms with Crippen LogP contribution in [-0.4, -0.2) is 17.2 Å². The fraction of sp³-hybridized carbons (Fsp3) is 0.550. The summed E-state index contributed by atoms with van der Waals surface area (Å²) in [6.45, 7) is 5.27. The fourth-order valence-electron chi connectivity index (χ4n) is 4.70. The molecule has 1 saturated heterocycles. The minimum atomic E-state index is -0.211. The molecule has 0 saturated carbocycles. The van der Waals surface area contributed by atoms with Gasteiger partial charge in [-0.05, 0) is 70.1 Å². The van der Waals surface area contributed by atoms with Gasteiger partial charge in [0.1, 0.15) is 12.3 Å². The van der Waals surface area contributed by atoms with E-state index in [0.717, 1.165) is 41.3 Å². The first-order valence-electron chi connectivity index (χ1n) is 9.21. The molecule has 3 atom stereocenters. The molecule has 0 bridgehead atoms. The van der Waals surface area contributed by atoms with Crippen LogP contribution >= 0.6 is 0 Å². The highest BCUT2D eigenvalue weighted by Gasteiger charge is 2.31. The standard InChI is InChI=1S/C20H25NO3/c1-12-5-3-6-13(2)21(12)11-17-18(22)10-9-15-14-7-4-8-16(14)20(23)24-19(15)17/h9-10,12-13,22H,3-8,11H2,1-2H3/p+1/t12-,13+. The van der Waals surface area contributed by atoms with Crippen LogP contribution in [0.4, 0.5) is 0 Å². The normalized spacial score (nSPS) is 26.7. The molecule has 1 aromatic carbocycles. The van der Waals surface area contributed by atoms with E-state index in [2.05, 4.69) is 13.8 Å². The van der Waals surface area contributed by atoms with Gasteiger partial charge in [-0.1, -0.05) is 0 Å². The topological polar surface area (TPSA) is 54.9 Å². The summed E-state index contributed by atoms with van der Waals surface area (Å²) >= 11 is 0. The number of phenolic OH excluding ortho intramolecular Hbond substituents is 1. The molecule has 1 fully saturated rings. The van der Waals surface area contributed by atoms with Crippen molar-refractivity contribution in [2.24, 2.45) is 0 Å². The zero-order valence-electron chi connectivity index (χ0n) is 14.5. The van der Waals surface area contributed by atoms with Crippen molar-refractivity contribution in [3.05, 3.63) is 39.2 Å². The van der Waals surface area contributed by atoms with Crippen LogP contribution in [0.15, 0.2) is 21.3 Å². The summed E-state index contributed by atoms with van der Waals surface area (Å²) in [4.78, 5) is 13.8. The van der Waals surface area contributed by atoms with Crippen LogP contribution in [-0.2, 0) is 19.4 Å². The number of nitrogens with one attached hydrogen (secondary N) is 1. The van der Waals surface area contributed by atoms with E-state index in [1.54, 1.807) is 6.07 Å². The predicted molar refractivity (Wildman–Crippen MR) is 93.6 cm³/mol. The Morgan fingerprint density at radius 3 is 2.58 bits per heavy atom. The molecule has 4 rings (SSSR count). The van der Waals surface area contributed by atoms with E-state index in [1.807, 2.05) is 6.07 Å². The second kappa shape index (κ2) is 5.92. The number of benzene rings is 1. The van der Waals surface area contributed by atoms with Crippen molar-refractivity contribution < 1.29 is 14.4 Å². The van der Waals surface area contributed by atoms with Gasteiger partial charge in [-0.2, -0.15) is 0 Å². The molecule has 0 radical (unpaired) electrons. The van der Waals surface area contributed by atoms with Gasteiger partial charge in [-0.3, -0.25) is 0 Å². The maximum Gasteiger partial charge on any atom is 0.339 e. The zero-order chi connectivity index (χ0) is 16.8. The summed E-state index contributed by atoms with van der Waals surface area (Å²) in [5.74, 6) is 0.251. The van der Waals surface area contributed by atoms with Crippen LogP contribution in [0.25, 0.3) is 11.0 Å². The van der Waals surface area contributed by atoms with Crippen LogP contribution in [0.3, 0.4) is 0 Å². The fourth-order valence-corrected chi connectivity index (χ4v) is 4.70. The lowest BCUT2D eigenvalue weighted by molar-refractivity contribution is -0.964. The lowest BCUT2D eigenvalue weighted by atomic mass is 9.95. The van der Waals surface area contributed by atoms with Crippen molar-refractivity contribution in [3.8, 4) is 5.75 Å². The van der Waals surface area contributed by atoms with Gasteiger partial charge in [0.05, 0.1) is 17.6 Å². The lowest BCUT2D eigenvalue weighted by Crippen LogP contribution is -3.18. The number of piperidine rings is 1. The Morgan fingerprint density at radius 1 is 1.12 bits per heavy atom. The molecule has 128 valence electrons. The van der Waals surface area contributed by atoms with E-state index in [-0.39, 0.29) is 11.4 Å². The van der Waals surface area contributed by atoms with Crippen molar-refractivity contribution in [2.75, 3.05) is 0 Å². The van der Waals surface area contributed by atoms with Crippen molar-refractivity contribution in [2.45, 2.75) is 71.0 Å². The average Bonchev–Trinajstić information content (AvgIpc) is 3.03. The van der Waals surface area contributed by atoms with Gasteiger partial charge < -0.3 is 14.4 Å². The van der Waals surface area contributed by atoms with Crippen molar-refractivity contribution >= 4 is 11.0 Å². The molecule has 1 aromatic heterocycles. The first-order valence-corrected chi connectivity index (χ1v) is 9.21. The maximum atomic E-state index is 12.4. The molecule has 2 aliphatic rings. The number of quaternary nitrogens is 1. The third kappa shape index (κ3) is 2.44. The van der Waals surface area contributed by atoms with Crippen LogP contribution in [0.1, 0.15) is 56.2 Å². The van der Waals surface area contributed by atoms with E-state index in [9.17, 15) is 9.90 Å². The van der Waals surface area contributed by atoms with Gasteiger partial charge in [0.2, 0.25) is 0 Å². The highest BCUT2D eigenvalue weighted by Crippen LogP contribution is 2.32. The molecule has 4 nitrogen and oxygen atoms in total. The summed E-state index contributed by atoms with van der Waals surface area (Å²) in [7, 11) is 0. The zero-order valence-corrected chi connectivity index (χ0v) is 14.5. The average molecular weight is 328 g/mol. The number of hydrogen-bond acceptors (Lipinski definition) is 3. The molecule has 1 unspecified atom stereocenters. The Morgan fingerprint density at radius 2 is 1.83 bits per heavy atom. The Hall–Kier alpha value is -1.81. The largest absolute Gasteiger partial charge is 0.507 e. The van der Waals surface area contributed by atoms with Gasteiger partial charge in [-0.15, -0.1) is 0 Å². The maximum absolute atomic E-state index is 12.4. The molecule has 1 aliphatic carbocycles. The van der Waals surface area contributed by atoms with Crippen LogP contribution in [0.2, 0.25) is 0 Å². The van der Waals surface area contributed by atoms with Gasteiger partial charge >= 0.3 is 5.63 Å². The number of fused-ring (bicyclic) bond motifs is 3. The first kappa shape index (κ1) is 15.7. The second-order valence-electron chi connectivity index (χ2n) is 7.62. The van der Waals surface area contributed by atoms with Gasteiger partial charge in [0, 0.05) is 10.9 Å². The Balaban J connectivity index is 1.84. The molecule has 2 N–H and O–H groups in total. The van der Waals surface area contributed by atoms with Gasteiger partial charge in [0.15, 0.2) is 5.58 Å². The number of rotatable bonds is 2. The molecule has 2 heterocycles. The number of likely N-dealkylation sites (tertiary alicyclic amines) is 1. The number of hydrogen-bond donors (Lipinski definition) is 2. The van der Waals surface area contributed by atoms with E-state index in [0.29, 0.717) is 24.2 Å². The molecular formula is C20H26NO3+. The Kier molecular flexibility index (Phi) is 3.87. The molecule has 1 aliphatic heterocycles. The van der Waals surface area contributed by atoms with Crippen LogP contribution < -0.4 is 10.5 Å². The summed E-state index contributed by atoms with van der Waals surface area (Å²) in [6.07, 6.45) is 6.46. The van der Waals surface area contributed by atoms with Gasteiger partial charge in [-0.25, -0.2) is 4.79 Å². The molecule has 4 heteroatoms. The van der Waals surface area contributed by atoms with E-state index in [4.69, 9.17) is 4.42 Å². The summed E-state index contributed by atoms with van der Waals surface area (Å²) in [5, 5.41) is 11.5. The third-order valence-electron chi connectivity index (χ3n) is 6.14. The smallest absolute Gasteiger partial charge is 0.339 e. The Bertz CT molecular complexity index is 829. The number of aryl methyl sites for hydroxylation is 1. The highest BCUT2D eigenvalue weighted by atomic mass is 16.4. The molecule has 2 aromatic rings. The van der Waals surface area contributed by atoms with Crippen molar-refractivity contribution in [3.63, 3.8) is 0 Å². The summed E-state index contributed by atoms with van der Waals surface area (Å²) in [5.41, 5.74) is 3.17. The lowest BCUT2D eigenvalue weighted by Gasteiger charge is -2.36. The first-order chi connectivity index (χ1) is 11.6. The highest BCUT2D eigenvalue weighted by molar-refractivity contribution is 5.86. The van der Waals surface area contributed by atoms with E-state index >= 15 is 0 Å². The number of aromatic hydroxyl groups is 1. The summed E-state index contributed by atoms with van der Waals surface area (Å²) in [6, 6.07) is 4.81. The molecule has 0 spiro atoms. The minimum Gasteiger partial charge on any atom is -0.507 e. The van der Waals surface area contributed by atoms with Crippen molar-refractivity contribution in [1.82, 2.24) is 0 Å². The minimum absolute atomic E-state index is 0.211. The van der Waals surface area contributed by atoms with Gasteiger partial charge in [0.25, 0.3) is 0 Å². The molecule has 0 amide bonds. The van der Waals surface area contributed by atoms with Crippen LogP contribution in [0.5, 0.6) is 5.75 Å². The molecule has 24 heavy (non-hydrogen) atoms. The van der Waals surface area contributed by atoms with Crippen molar-refractivity contribution in [1.29, 1.82) is 0 Å². The third-order valence-corrected chi connectivity index (χ3v) is 6.14. The van der Waals surface area contributed by atoms with Crippen LogP contribution in [0, 0.1) is 0 Å². The quantitative estimate of drug-likeness (QED) is 0.832. The SMILES string of the molecule is C[C@@H]1CCC[C@H](C)[NH+]1Cc1c(O)ccc2c3c(c(=O)oc12)CCC3. The molecular weight excluding hydrogens is 302 g/mol. The monoisotopic (exact) mass is 328 g/mol. The number of phenols is 1. The Labute approximate surface area is 142 Å².